The summed E-state index contributed by atoms with van der Waals surface area (Å²) in [5.74, 6) is 1.86. The van der Waals surface area contributed by atoms with Gasteiger partial charge in [-0.05, 0) is 111 Å². The largest absolute Gasteiger partial charge is 0.352 e. The monoisotopic (exact) mass is 449 g/mol. The summed E-state index contributed by atoms with van der Waals surface area (Å²) in [5, 5.41) is 6.06. The van der Waals surface area contributed by atoms with Crippen LogP contribution in [-0.2, 0) is 28.0 Å². The van der Waals surface area contributed by atoms with Gasteiger partial charge >= 0.3 is 6.03 Å². The molecule has 6 aliphatic rings. The van der Waals surface area contributed by atoms with E-state index in [-0.39, 0.29) is 29.8 Å². The first-order valence-electron chi connectivity index (χ1n) is 12.8. The minimum Gasteiger partial charge on any atom is -0.352 e. The Kier molecular flexibility index (Phi) is 4.69. The van der Waals surface area contributed by atoms with E-state index in [0.29, 0.717) is 0 Å². The van der Waals surface area contributed by atoms with Crippen LogP contribution in [-0.4, -0.2) is 35.3 Å². The molecule has 5 fully saturated rings. The van der Waals surface area contributed by atoms with E-state index in [9.17, 15) is 14.4 Å². The van der Waals surface area contributed by atoms with Crippen LogP contribution in [0.5, 0.6) is 0 Å². The molecular weight excluding hydrogens is 414 g/mol. The second-order valence-electron chi connectivity index (χ2n) is 11.9. The zero-order chi connectivity index (χ0) is 23.0. The molecule has 5 aliphatic carbocycles. The number of nitrogens with zero attached hydrogens (tertiary/aromatic N) is 1. The van der Waals surface area contributed by atoms with Gasteiger partial charge in [0.1, 0.15) is 12.1 Å². The van der Waals surface area contributed by atoms with Crippen LogP contribution in [0, 0.1) is 23.2 Å². The number of carbonyl (C=O) groups is 3. The Hall–Kier alpha value is -2.37. The number of hydrogen-bond acceptors (Lipinski definition) is 3. The first-order chi connectivity index (χ1) is 15.8. The average Bonchev–Trinajstić information content (AvgIpc) is 3.31. The first-order valence-corrected chi connectivity index (χ1v) is 12.8. The highest BCUT2D eigenvalue weighted by Gasteiger charge is 2.54. The van der Waals surface area contributed by atoms with E-state index < -0.39 is 11.6 Å². The number of amides is 4. The minimum atomic E-state index is -1.12. The van der Waals surface area contributed by atoms with Gasteiger partial charge in [-0.2, -0.15) is 0 Å². The van der Waals surface area contributed by atoms with Gasteiger partial charge in [0.2, 0.25) is 5.91 Å². The molecular formula is C27H35N3O3. The van der Waals surface area contributed by atoms with Crippen molar-refractivity contribution in [1.29, 1.82) is 0 Å². The van der Waals surface area contributed by atoms with Crippen LogP contribution in [0.4, 0.5) is 4.79 Å². The summed E-state index contributed by atoms with van der Waals surface area (Å²) >= 11 is 0. The molecule has 1 aromatic rings. The van der Waals surface area contributed by atoms with Gasteiger partial charge in [0.15, 0.2) is 0 Å². The Morgan fingerprint density at radius 1 is 1.09 bits per heavy atom. The fourth-order valence-electron chi connectivity index (χ4n) is 8.21. The number of aryl methyl sites for hydroxylation is 2. The quantitative estimate of drug-likeness (QED) is 0.674. The maximum Gasteiger partial charge on any atom is 0.325 e. The molecule has 6 heteroatoms. The standard InChI is InChI=1S/C27H35N3O3/c1-16(27-12-17-8-18(13-27)10-19(9-17)14-27)28-23(31)15-30-24(32)26(2,29-25(30)33)22-7-6-20-4-3-5-21(20)11-22/h6-7,11,16-19H,3-5,8-10,12-15H2,1-2H3,(H,28,31)(H,29,33). The molecule has 1 saturated heterocycles. The van der Waals surface area contributed by atoms with Crippen molar-refractivity contribution in [2.24, 2.45) is 23.2 Å². The number of benzene rings is 1. The second kappa shape index (κ2) is 7.31. The molecule has 2 N–H and O–H groups in total. The van der Waals surface area contributed by atoms with Gasteiger partial charge in [-0.1, -0.05) is 18.2 Å². The predicted octanol–water partition coefficient (Wildman–Crippen LogP) is 3.66. The van der Waals surface area contributed by atoms with Gasteiger partial charge in [0.25, 0.3) is 5.91 Å². The fraction of sp³-hybridized carbons (Fsp3) is 0.667. The molecule has 4 saturated carbocycles. The summed E-state index contributed by atoms with van der Waals surface area (Å²) < 4.78 is 0. The van der Waals surface area contributed by atoms with E-state index >= 15 is 0 Å². The Labute approximate surface area is 195 Å². The summed E-state index contributed by atoms with van der Waals surface area (Å²) in [6.45, 7) is 3.66. The molecule has 1 aromatic carbocycles. The summed E-state index contributed by atoms with van der Waals surface area (Å²) in [5.41, 5.74) is 2.46. The van der Waals surface area contributed by atoms with Gasteiger partial charge in [-0.15, -0.1) is 0 Å². The number of fused-ring (bicyclic) bond motifs is 1. The zero-order valence-corrected chi connectivity index (χ0v) is 19.8. The zero-order valence-electron chi connectivity index (χ0n) is 19.8. The van der Waals surface area contributed by atoms with Crippen molar-refractivity contribution in [3.8, 4) is 0 Å². The first kappa shape index (κ1) is 21.2. The van der Waals surface area contributed by atoms with Gasteiger partial charge in [-0.3, -0.25) is 14.5 Å². The van der Waals surface area contributed by atoms with Crippen molar-refractivity contribution >= 4 is 17.8 Å². The third-order valence-corrected chi connectivity index (χ3v) is 9.63. The maximum absolute atomic E-state index is 13.3. The van der Waals surface area contributed by atoms with Crippen molar-refractivity contribution in [2.45, 2.75) is 83.2 Å². The molecule has 0 aromatic heterocycles. The third kappa shape index (κ3) is 3.31. The molecule has 33 heavy (non-hydrogen) atoms. The fourth-order valence-corrected chi connectivity index (χ4v) is 8.21. The summed E-state index contributed by atoms with van der Waals surface area (Å²) in [7, 11) is 0. The van der Waals surface area contributed by atoms with Crippen LogP contribution in [0.3, 0.4) is 0 Å². The molecule has 7 rings (SSSR count). The molecule has 1 aliphatic heterocycles. The molecule has 2 atom stereocenters. The van der Waals surface area contributed by atoms with Crippen LogP contribution >= 0.6 is 0 Å². The topological polar surface area (TPSA) is 78.5 Å². The van der Waals surface area contributed by atoms with Gasteiger partial charge in [0.05, 0.1) is 0 Å². The highest BCUT2D eigenvalue weighted by atomic mass is 16.2. The van der Waals surface area contributed by atoms with E-state index in [1.807, 2.05) is 6.07 Å². The van der Waals surface area contributed by atoms with Crippen molar-refractivity contribution in [3.05, 3.63) is 34.9 Å². The number of urea groups is 1. The normalized spacial score (nSPS) is 37.3. The average molecular weight is 450 g/mol. The van der Waals surface area contributed by atoms with Crippen LogP contribution in [0.2, 0.25) is 0 Å². The lowest BCUT2D eigenvalue weighted by Gasteiger charge is -2.59. The van der Waals surface area contributed by atoms with Crippen molar-refractivity contribution in [3.63, 3.8) is 0 Å². The highest BCUT2D eigenvalue weighted by molar-refractivity contribution is 6.09. The molecule has 6 nitrogen and oxygen atoms in total. The molecule has 176 valence electrons. The van der Waals surface area contributed by atoms with Crippen LogP contribution in [0.1, 0.15) is 75.5 Å². The van der Waals surface area contributed by atoms with Crippen LogP contribution in [0.15, 0.2) is 18.2 Å². The van der Waals surface area contributed by atoms with E-state index in [1.165, 1.54) is 49.7 Å². The third-order valence-electron chi connectivity index (χ3n) is 9.63. The lowest BCUT2D eigenvalue weighted by atomic mass is 9.48. The summed E-state index contributed by atoms with van der Waals surface area (Å²) in [6.07, 6.45) is 10.9. The Morgan fingerprint density at radius 2 is 1.73 bits per heavy atom. The smallest absolute Gasteiger partial charge is 0.325 e. The van der Waals surface area contributed by atoms with Gasteiger partial charge in [0, 0.05) is 6.04 Å². The second-order valence-corrected chi connectivity index (χ2v) is 11.9. The Bertz CT molecular complexity index is 998. The molecule has 4 bridgehead atoms. The van der Waals surface area contributed by atoms with Gasteiger partial charge in [-0.25, -0.2) is 4.79 Å². The predicted molar refractivity (Wildman–Crippen MR) is 124 cm³/mol. The number of nitrogens with one attached hydrogen (secondary N) is 2. The number of rotatable bonds is 5. The minimum absolute atomic E-state index is 0.0715. The molecule has 0 radical (unpaired) electrons. The lowest BCUT2D eigenvalue weighted by Crippen LogP contribution is -2.57. The molecule has 4 amide bonds. The Morgan fingerprint density at radius 3 is 2.39 bits per heavy atom. The molecule has 1 heterocycles. The van der Waals surface area contributed by atoms with Crippen molar-refractivity contribution < 1.29 is 14.4 Å². The number of hydrogen-bond donors (Lipinski definition) is 2. The SMILES string of the molecule is CC(NC(=O)CN1C(=O)NC(C)(c2ccc3c(c2)CCC3)C1=O)C12CC3CC(CC(C3)C1)C2. The number of carbonyl (C=O) groups excluding carboxylic acids is 3. The summed E-state index contributed by atoms with van der Waals surface area (Å²) in [4.78, 5) is 40.2. The maximum atomic E-state index is 13.3. The Balaban J connectivity index is 1.14. The van der Waals surface area contributed by atoms with Crippen LogP contribution < -0.4 is 10.6 Å². The highest BCUT2D eigenvalue weighted by Crippen LogP contribution is 2.61. The van der Waals surface area contributed by atoms with E-state index in [4.69, 9.17) is 0 Å². The van der Waals surface area contributed by atoms with Crippen molar-refractivity contribution in [1.82, 2.24) is 15.5 Å². The van der Waals surface area contributed by atoms with E-state index in [1.54, 1.807) is 6.92 Å². The lowest BCUT2D eigenvalue weighted by molar-refractivity contribution is -0.136. The van der Waals surface area contributed by atoms with E-state index in [0.717, 1.165) is 47.5 Å². The van der Waals surface area contributed by atoms with Gasteiger partial charge < -0.3 is 10.6 Å². The van der Waals surface area contributed by atoms with Crippen LogP contribution in [0.25, 0.3) is 0 Å². The summed E-state index contributed by atoms with van der Waals surface area (Å²) in [6, 6.07) is 5.66. The molecule has 2 unspecified atom stereocenters. The van der Waals surface area contributed by atoms with E-state index in [2.05, 4.69) is 29.7 Å². The van der Waals surface area contributed by atoms with Crippen molar-refractivity contribution in [2.75, 3.05) is 6.54 Å². The number of imide groups is 1. The molecule has 0 spiro atoms.